The Morgan fingerprint density at radius 3 is 2.42 bits per heavy atom. The van der Waals surface area contributed by atoms with Gasteiger partial charge in [-0.3, -0.25) is 0 Å². The highest BCUT2D eigenvalue weighted by atomic mass is 19.3. The number of rotatable bonds is 5. The van der Waals surface area contributed by atoms with Gasteiger partial charge in [-0.05, 0) is 30.4 Å². The summed E-state index contributed by atoms with van der Waals surface area (Å²) in [6.45, 7) is -1.04. The smallest absolute Gasteiger partial charge is 0.308 e. The third-order valence-electron chi connectivity index (χ3n) is 3.43. The SMILES string of the molecule is Fc1ccccc1C1CC(NCC(F)(F)C(F)F)C1. The van der Waals surface area contributed by atoms with Crippen LogP contribution in [-0.4, -0.2) is 24.9 Å². The van der Waals surface area contributed by atoms with Crippen molar-refractivity contribution < 1.29 is 22.0 Å². The molecule has 0 amide bonds. The molecule has 0 unspecified atom stereocenters. The van der Waals surface area contributed by atoms with Gasteiger partial charge in [0, 0.05) is 6.04 Å². The number of hydrogen-bond donors (Lipinski definition) is 1. The molecule has 1 N–H and O–H groups in total. The number of nitrogens with one attached hydrogen (secondary N) is 1. The number of hydrogen-bond acceptors (Lipinski definition) is 1. The summed E-state index contributed by atoms with van der Waals surface area (Å²) in [6.07, 6.45) is -2.69. The lowest BCUT2D eigenvalue weighted by atomic mass is 9.75. The van der Waals surface area contributed by atoms with Gasteiger partial charge >= 0.3 is 12.3 Å². The Labute approximate surface area is 107 Å². The van der Waals surface area contributed by atoms with Crippen molar-refractivity contribution in [2.24, 2.45) is 0 Å². The molecule has 1 aliphatic rings. The van der Waals surface area contributed by atoms with Crippen LogP contribution in [0, 0.1) is 5.82 Å². The Bertz CT molecular complexity index is 429. The van der Waals surface area contributed by atoms with Gasteiger partial charge in [0.1, 0.15) is 5.82 Å². The van der Waals surface area contributed by atoms with Gasteiger partial charge in [-0.15, -0.1) is 0 Å². The Hall–Kier alpha value is -1.17. The molecule has 1 aromatic carbocycles. The molecule has 1 saturated carbocycles. The lowest BCUT2D eigenvalue weighted by molar-refractivity contribution is -0.127. The number of alkyl halides is 4. The van der Waals surface area contributed by atoms with E-state index in [1.807, 2.05) is 0 Å². The minimum absolute atomic E-state index is 0.0288. The lowest BCUT2D eigenvalue weighted by Crippen LogP contribution is -2.47. The molecule has 1 nitrogen and oxygen atoms in total. The second kappa shape index (κ2) is 5.45. The lowest BCUT2D eigenvalue weighted by Gasteiger charge is -2.37. The summed E-state index contributed by atoms with van der Waals surface area (Å²) in [5, 5.41) is 2.41. The standard InChI is InChI=1S/C13H14F5N/c14-11-4-2-1-3-10(11)8-5-9(6-8)19-7-13(17,18)12(15)16/h1-4,8-9,12,19H,5-7H2. The van der Waals surface area contributed by atoms with Gasteiger partial charge in [-0.1, -0.05) is 18.2 Å². The first kappa shape index (κ1) is 14.2. The van der Waals surface area contributed by atoms with Crippen LogP contribution in [0.3, 0.4) is 0 Å². The van der Waals surface area contributed by atoms with Gasteiger partial charge in [-0.25, -0.2) is 13.2 Å². The van der Waals surface area contributed by atoms with Crippen LogP contribution in [0.2, 0.25) is 0 Å². The predicted molar refractivity (Wildman–Crippen MR) is 61.1 cm³/mol. The largest absolute Gasteiger partial charge is 0.319 e. The van der Waals surface area contributed by atoms with Crippen molar-refractivity contribution in [1.82, 2.24) is 5.32 Å². The molecule has 1 fully saturated rings. The number of halogens is 5. The van der Waals surface area contributed by atoms with Crippen LogP contribution in [0.5, 0.6) is 0 Å². The van der Waals surface area contributed by atoms with E-state index in [9.17, 15) is 22.0 Å². The second-order valence-electron chi connectivity index (χ2n) is 4.83. The van der Waals surface area contributed by atoms with E-state index >= 15 is 0 Å². The Balaban J connectivity index is 1.80. The molecule has 0 spiro atoms. The topological polar surface area (TPSA) is 12.0 Å². The molecule has 0 atom stereocenters. The summed E-state index contributed by atoms with van der Waals surface area (Å²) in [5.41, 5.74) is 0.557. The fourth-order valence-corrected chi connectivity index (χ4v) is 2.20. The highest BCUT2D eigenvalue weighted by Gasteiger charge is 2.42. The van der Waals surface area contributed by atoms with E-state index in [1.165, 1.54) is 6.07 Å². The summed E-state index contributed by atoms with van der Waals surface area (Å²) in [4.78, 5) is 0. The van der Waals surface area contributed by atoms with Gasteiger partial charge in [-0.2, -0.15) is 8.78 Å². The van der Waals surface area contributed by atoms with Crippen LogP contribution >= 0.6 is 0 Å². The summed E-state index contributed by atoms with van der Waals surface area (Å²) in [5.74, 6) is -4.36. The first-order valence-corrected chi connectivity index (χ1v) is 6.04. The van der Waals surface area contributed by atoms with Crippen molar-refractivity contribution in [3.63, 3.8) is 0 Å². The first-order valence-electron chi connectivity index (χ1n) is 6.04. The summed E-state index contributed by atoms with van der Waals surface area (Å²) < 4.78 is 62.7. The third kappa shape index (κ3) is 3.23. The molecule has 6 heteroatoms. The summed E-state index contributed by atoms with van der Waals surface area (Å²) in [6, 6.07) is 6.04. The quantitative estimate of drug-likeness (QED) is 0.813. The molecule has 1 aromatic rings. The Kier molecular flexibility index (Phi) is 4.08. The minimum atomic E-state index is -4.01. The normalized spacial score (nSPS) is 23.5. The molecule has 19 heavy (non-hydrogen) atoms. The van der Waals surface area contributed by atoms with Crippen molar-refractivity contribution in [2.45, 2.75) is 37.1 Å². The maximum atomic E-state index is 13.4. The molecule has 0 aliphatic heterocycles. The van der Waals surface area contributed by atoms with Gasteiger partial charge in [0.15, 0.2) is 0 Å². The fourth-order valence-electron chi connectivity index (χ4n) is 2.20. The van der Waals surface area contributed by atoms with Gasteiger partial charge in [0.2, 0.25) is 0 Å². The highest BCUT2D eigenvalue weighted by Crippen LogP contribution is 2.38. The molecule has 0 saturated heterocycles. The molecule has 1 aliphatic carbocycles. The van der Waals surface area contributed by atoms with Crippen molar-refractivity contribution in [3.05, 3.63) is 35.6 Å². The number of benzene rings is 1. The van der Waals surface area contributed by atoms with E-state index in [1.54, 1.807) is 18.2 Å². The molecule has 2 rings (SSSR count). The zero-order valence-corrected chi connectivity index (χ0v) is 10.1. The van der Waals surface area contributed by atoms with Crippen LogP contribution in [0.4, 0.5) is 22.0 Å². The van der Waals surface area contributed by atoms with E-state index in [0.29, 0.717) is 18.4 Å². The van der Waals surface area contributed by atoms with E-state index in [0.717, 1.165) is 0 Å². The summed E-state index contributed by atoms with van der Waals surface area (Å²) >= 11 is 0. The van der Waals surface area contributed by atoms with Crippen molar-refractivity contribution in [3.8, 4) is 0 Å². The highest BCUT2D eigenvalue weighted by molar-refractivity contribution is 5.24. The fraction of sp³-hybridized carbons (Fsp3) is 0.538. The Morgan fingerprint density at radius 2 is 1.84 bits per heavy atom. The molecule has 0 aromatic heterocycles. The van der Waals surface area contributed by atoms with E-state index in [2.05, 4.69) is 5.32 Å². The molecule has 0 bridgehead atoms. The van der Waals surface area contributed by atoms with Crippen LogP contribution in [0.1, 0.15) is 24.3 Å². The maximum Gasteiger partial charge on any atom is 0.319 e. The van der Waals surface area contributed by atoms with Gasteiger partial charge in [0.25, 0.3) is 0 Å². The maximum absolute atomic E-state index is 13.4. The van der Waals surface area contributed by atoms with Crippen molar-refractivity contribution in [2.75, 3.05) is 6.54 Å². The van der Waals surface area contributed by atoms with Crippen LogP contribution < -0.4 is 5.32 Å². The van der Waals surface area contributed by atoms with Crippen LogP contribution in [0.25, 0.3) is 0 Å². The average molecular weight is 279 g/mol. The predicted octanol–water partition coefficient (Wildman–Crippen LogP) is 3.56. The Morgan fingerprint density at radius 1 is 1.21 bits per heavy atom. The second-order valence-corrected chi connectivity index (χ2v) is 4.83. The van der Waals surface area contributed by atoms with Crippen molar-refractivity contribution >= 4 is 0 Å². The van der Waals surface area contributed by atoms with E-state index in [-0.39, 0.29) is 17.8 Å². The van der Waals surface area contributed by atoms with Gasteiger partial charge < -0.3 is 5.32 Å². The third-order valence-corrected chi connectivity index (χ3v) is 3.43. The zero-order chi connectivity index (χ0) is 14.0. The molecule has 0 heterocycles. The molecular formula is C13H14F5N. The van der Waals surface area contributed by atoms with Crippen LogP contribution in [-0.2, 0) is 0 Å². The molecular weight excluding hydrogens is 265 g/mol. The minimum Gasteiger partial charge on any atom is -0.308 e. The van der Waals surface area contributed by atoms with Gasteiger partial charge in [0.05, 0.1) is 6.54 Å². The zero-order valence-electron chi connectivity index (χ0n) is 10.1. The van der Waals surface area contributed by atoms with Crippen molar-refractivity contribution in [1.29, 1.82) is 0 Å². The summed E-state index contributed by atoms with van der Waals surface area (Å²) in [7, 11) is 0. The van der Waals surface area contributed by atoms with E-state index in [4.69, 9.17) is 0 Å². The van der Waals surface area contributed by atoms with E-state index < -0.39 is 18.9 Å². The molecule has 0 radical (unpaired) electrons. The monoisotopic (exact) mass is 279 g/mol. The van der Waals surface area contributed by atoms with Crippen LogP contribution in [0.15, 0.2) is 24.3 Å². The molecule has 106 valence electrons. The first-order chi connectivity index (χ1) is 8.90. The average Bonchev–Trinajstić information content (AvgIpc) is 2.29.